The summed E-state index contributed by atoms with van der Waals surface area (Å²) in [6.07, 6.45) is 0. The molecule has 0 radical (unpaired) electrons. The van der Waals surface area contributed by atoms with E-state index >= 15 is 0 Å². The highest BCUT2D eigenvalue weighted by Gasteiger charge is 2.17. The van der Waals surface area contributed by atoms with Gasteiger partial charge in [0.1, 0.15) is 0 Å². The molecule has 0 amide bonds. The minimum atomic E-state index is 0.528. The lowest BCUT2D eigenvalue weighted by atomic mass is 10.1. The highest BCUT2D eigenvalue weighted by molar-refractivity contribution is 5.26. The fourth-order valence-electron chi connectivity index (χ4n) is 1.63. The van der Waals surface area contributed by atoms with Crippen molar-refractivity contribution in [3.8, 4) is 0 Å². The number of nitrogens with one attached hydrogen (secondary N) is 1. The molecule has 1 aromatic carbocycles. The predicted molar refractivity (Wildman–Crippen MR) is 58.6 cm³/mol. The van der Waals surface area contributed by atoms with E-state index in [1.54, 1.807) is 7.11 Å². The summed E-state index contributed by atoms with van der Waals surface area (Å²) in [4.78, 5) is 0. The van der Waals surface area contributed by atoms with E-state index in [1.165, 1.54) is 11.1 Å². The van der Waals surface area contributed by atoms with Crippen LogP contribution >= 0.6 is 0 Å². The van der Waals surface area contributed by atoms with Gasteiger partial charge in [-0.1, -0.05) is 24.3 Å². The van der Waals surface area contributed by atoms with Crippen LogP contribution in [0.1, 0.15) is 11.1 Å². The fourth-order valence-corrected chi connectivity index (χ4v) is 1.63. The average molecular weight is 207 g/mol. The second kappa shape index (κ2) is 5.26. The monoisotopic (exact) mass is 207 g/mol. The normalized spacial score (nSPS) is 16.3. The van der Waals surface area contributed by atoms with E-state index in [2.05, 4.69) is 23.5 Å². The molecule has 1 heterocycles. The second-order valence-corrected chi connectivity index (χ2v) is 3.82. The minimum Gasteiger partial charge on any atom is -0.380 e. The molecule has 1 aromatic rings. The second-order valence-electron chi connectivity index (χ2n) is 3.82. The fraction of sp³-hybridized carbons (Fsp3) is 0.500. The summed E-state index contributed by atoms with van der Waals surface area (Å²) in [6, 6.07) is 8.89. The summed E-state index contributed by atoms with van der Waals surface area (Å²) in [5.74, 6) is 0. The van der Waals surface area contributed by atoms with Gasteiger partial charge in [0.2, 0.25) is 0 Å². The summed E-state index contributed by atoms with van der Waals surface area (Å²) in [7, 11) is 1.73. The van der Waals surface area contributed by atoms with Crippen molar-refractivity contribution in [3.63, 3.8) is 0 Å². The molecule has 0 aliphatic carbocycles. The van der Waals surface area contributed by atoms with Gasteiger partial charge >= 0.3 is 0 Å². The van der Waals surface area contributed by atoms with Crippen molar-refractivity contribution >= 4 is 0 Å². The van der Waals surface area contributed by atoms with Crippen LogP contribution in [0.5, 0.6) is 0 Å². The standard InChI is InChI=1S/C12H17NO2/c1-14-7-11-5-3-2-4-10(11)6-13-12-8-15-9-12/h2-5,12-13H,6-9H2,1H3. The molecule has 0 bridgehead atoms. The van der Waals surface area contributed by atoms with Crippen LogP contribution in [0.15, 0.2) is 24.3 Å². The zero-order valence-electron chi connectivity index (χ0n) is 9.03. The lowest BCUT2D eigenvalue weighted by Gasteiger charge is -2.27. The largest absolute Gasteiger partial charge is 0.380 e. The predicted octanol–water partition coefficient (Wildman–Crippen LogP) is 1.32. The van der Waals surface area contributed by atoms with Crippen molar-refractivity contribution in [2.45, 2.75) is 19.2 Å². The minimum absolute atomic E-state index is 0.528. The van der Waals surface area contributed by atoms with Crippen molar-refractivity contribution in [1.82, 2.24) is 5.32 Å². The van der Waals surface area contributed by atoms with Gasteiger partial charge in [-0.15, -0.1) is 0 Å². The van der Waals surface area contributed by atoms with Crippen molar-refractivity contribution < 1.29 is 9.47 Å². The van der Waals surface area contributed by atoms with Gasteiger partial charge in [0.15, 0.2) is 0 Å². The van der Waals surface area contributed by atoms with Crippen LogP contribution in [-0.2, 0) is 22.6 Å². The molecular formula is C12H17NO2. The molecule has 0 saturated carbocycles. The van der Waals surface area contributed by atoms with Gasteiger partial charge in [0.05, 0.1) is 25.9 Å². The third kappa shape index (κ3) is 2.78. The summed E-state index contributed by atoms with van der Waals surface area (Å²) in [5, 5.41) is 3.45. The van der Waals surface area contributed by atoms with Crippen LogP contribution < -0.4 is 5.32 Å². The molecule has 0 unspecified atom stereocenters. The molecule has 0 spiro atoms. The SMILES string of the molecule is COCc1ccccc1CNC1COC1. The van der Waals surface area contributed by atoms with E-state index in [1.807, 2.05) is 6.07 Å². The van der Waals surface area contributed by atoms with Gasteiger partial charge in [-0.2, -0.15) is 0 Å². The Morgan fingerprint density at radius 2 is 2.07 bits per heavy atom. The number of ether oxygens (including phenoxy) is 2. The average Bonchev–Trinajstić information content (AvgIpc) is 2.18. The Morgan fingerprint density at radius 1 is 1.33 bits per heavy atom. The molecular weight excluding hydrogens is 190 g/mol. The van der Waals surface area contributed by atoms with Crippen LogP contribution in [0, 0.1) is 0 Å². The van der Waals surface area contributed by atoms with E-state index in [-0.39, 0.29) is 0 Å². The van der Waals surface area contributed by atoms with E-state index in [0.717, 1.165) is 19.8 Å². The van der Waals surface area contributed by atoms with Gasteiger partial charge in [-0.3, -0.25) is 0 Å². The molecule has 3 nitrogen and oxygen atoms in total. The highest BCUT2D eigenvalue weighted by Crippen LogP contribution is 2.10. The maximum absolute atomic E-state index is 5.16. The van der Waals surface area contributed by atoms with Gasteiger partial charge in [0.25, 0.3) is 0 Å². The third-order valence-electron chi connectivity index (χ3n) is 2.64. The Hall–Kier alpha value is -0.900. The molecule has 15 heavy (non-hydrogen) atoms. The van der Waals surface area contributed by atoms with Gasteiger partial charge < -0.3 is 14.8 Å². The maximum atomic E-state index is 5.16. The highest BCUT2D eigenvalue weighted by atomic mass is 16.5. The first-order valence-corrected chi connectivity index (χ1v) is 5.27. The van der Waals surface area contributed by atoms with Crippen LogP contribution in [0.2, 0.25) is 0 Å². The van der Waals surface area contributed by atoms with Gasteiger partial charge in [-0.05, 0) is 11.1 Å². The lowest BCUT2D eigenvalue weighted by molar-refractivity contribution is -0.00584. The first-order chi connectivity index (χ1) is 7.40. The number of hydrogen-bond acceptors (Lipinski definition) is 3. The van der Waals surface area contributed by atoms with Crippen molar-refractivity contribution in [2.75, 3.05) is 20.3 Å². The molecule has 1 N–H and O–H groups in total. The van der Waals surface area contributed by atoms with E-state index < -0.39 is 0 Å². The Kier molecular flexibility index (Phi) is 3.72. The molecule has 1 saturated heterocycles. The molecule has 0 aromatic heterocycles. The van der Waals surface area contributed by atoms with Crippen molar-refractivity contribution in [2.24, 2.45) is 0 Å². The first kappa shape index (κ1) is 10.6. The summed E-state index contributed by atoms with van der Waals surface area (Å²) in [5.41, 5.74) is 2.57. The van der Waals surface area contributed by atoms with Gasteiger partial charge in [0, 0.05) is 13.7 Å². The molecule has 1 aliphatic heterocycles. The quantitative estimate of drug-likeness (QED) is 0.790. The van der Waals surface area contributed by atoms with Crippen LogP contribution in [0.25, 0.3) is 0 Å². The maximum Gasteiger partial charge on any atom is 0.0716 e. The molecule has 3 heteroatoms. The topological polar surface area (TPSA) is 30.5 Å². The zero-order valence-corrected chi connectivity index (χ0v) is 9.03. The molecule has 2 rings (SSSR count). The zero-order chi connectivity index (χ0) is 10.5. The number of benzene rings is 1. The van der Waals surface area contributed by atoms with E-state index in [0.29, 0.717) is 12.6 Å². The molecule has 1 fully saturated rings. The van der Waals surface area contributed by atoms with Crippen LogP contribution in [-0.4, -0.2) is 26.4 Å². The summed E-state index contributed by atoms with van der Waals surface area (Å²) < 4.78 is 10.3. The Bertz CT molecular complexity index is 310. The Morgan fingerprint density at radius 3 is 2.67 bits per heavy atom. The third-order valence-corrected chi connectivity index (χ3v) is 2.64. The Balaban J connectivity index is 1.92. The number of hydrogen-bond donors (Lipinski definition) is 1. The van der Waals surface area contributed by atoms with Crippen LogP contribution in [0.4, 0.5) is 0 Å². The molecule has 82 valence electrons. The smallest absolute Gasteiger partial charge is 0.0716 e. The first-order valence-electron chi connectivity index (χ1n) is 5.27. The van der Waals surface area contributed by atoms with Crippen molar-refractivity contribution in [3.05, 3.63) is 35.4 Å². The number of rotatable bonds is 5. The summed E-state index contributed by atoms with van der Waals surface area (Å²) in [6.45, 7) is 3.26. The van der Waals surface area contributed by atoms with E-state index in [9.17, 15) is 0 Å². The molecule has 1 aliphatic rings. The summed E-state index contributed by atoms with van der Waals surface area (Å²) >= 11 is 0. The lowest BCUT2D eigenvalue weighted by Crippen LogP contribution is -2.45. The van der Waals surface area contributed by atoms with Gasteiger partial charge in [-0.25, -0.2) is 0 Å². The van der Waals surface area contributed by atoms with E-state index in [4.69, 9.17) is 9.47 Å². The molecule has 0 atom stereocenters. The number of methoxy groups -OCH3 is 1. The van der Waals surface area contributed by atoms with Crippen LogP contribution in [0.3, 0.4) is 0 Å². The van der Waals surface area contributed by atoms with Crippen molar-refractivity contribution in [1.29, 1.82) is 0 Å². The Labute approximate surface area is 90.4 Å².